The van der Waals surface area contributed by atoms with Crippen LogP contribution in [0.15, 0.2) is 59.0 Å². The minimum absolute atomic E-state index is 0.0407. The molecule has 3 aromatic rings. The number of carbonyl (C=O) groups excluding carboxylic acids is 1. The largest absolute Gasteiger partial charge is 0.497 e. The third kappa shape index (κ3) is 4.79. The summed E-state index contributed by atoms with van der Waals surface area (Å²) in [5.41, 5.74) is 1.30. The first-order valence-corrected chi connectivity index (χ1v) is 8.11. The molecule has 0 saturated carbocycles. The Morgan fingerprint density at radius 1 is 1.14 bits per heavy atom. The minimum atomic E-state index is -0.564. The first-order valence-electron chi connectivity index (χ1n) is 8.11. The van der Waals surface area contributed by atoms with E-state index in [2.05, 4.69) is 10.2 Å². The molecule has 9 heteroatoms. The number of ether oxygens (including phenoxy) is 2. The van der Waals surface area contributed by atoms with Crippen LogP contribution in [0.25, 0.3) is 17.5 Å². The second-order valence-electron chi connectivity index (χ2n) is 5.52. The van der Waals surface area contributed by atoms with Crippen LogP contribution in [0.1, 0.15) is 11.5 Å². The molecule has 3 rings (SSSR count). The minimum Gasteiger partial charge on any atom is -0.497 e. The number of methoxy groups -OCH3 is 1. The zero-order valence-corrected chi connectivity index (χ0v) is 14.8. The van der Waals surface area contributed by atoms with Gasteiger partial charge in [-0.2, -0.15) is 0 Å². The van der Waals surface area contributed by atoms with Gasteiger partial charge in [0.2, 0.25) is 5.89 Å². The SMILES string of the molecule is COc1ccc(/C=C/C(=O)OCc2nnc(-c3ccc([N+](=O)[O-])cc3)o2)cc1. The van der Waals surface area contributed by atoms with Crippen LogP contribution in [0.2, 0.25) is 0 Å². The van der Waals surface area contributed by atoms with Gasteiger partial charge in [0.25, 0.3) is 11.6 Å². The van der Waals surface area contributed by atoms with Crippen molar-refractivity contribution in [2.75, 3.05) is 7.11 Å². The van der Waals surface area contributed by atoms with Crippen molar-refractivity contribution in [3.63, 3.8) is 0 Å². The number of carbonyl (C=O) groups is 1. The van der Waals surface area contributed by atoms with Crippen LogP contribution in [-0.4, -0.2) is 28.2 Å². The van der Waals surface area contributed by atoms with Gasteiger partial charge in [-0.25, -0.2) is 4.79 Å². The molecule has 0 bridgehead atoms. The van der Waals surface area contributed by atoms with E-state index < -0.39 is 10.9 Å². The van der Waals surface area contributed by atoms with E-state index in [4.69, 9.17) is 13.9 Å². The first-order chi connectivity index (χ1) is 13.5. The van der Waals surface area contributed by atoms with Gasteiger partial charge in [0.15, 0.2) is 6.61 Å². The molecule has 0 aliphatic heterocycles. The molecule has 0 atom stereocenters. The molecule has 0 saturated heterocycles. The lowest BCUT2D eigenvalue weighted by atomic mass is 10.2. The lowest BCUT2D eigenvalue weighted by Crippen LogP contribution is -2.00. The number of nitro benzene ring substituents is 1. The Labute approximate surface area is 159 Å². The lowest BCUT2D eigenvalue weighted by molar-refractivity contribution is -0.384. The number of rotatable bonds is 7. The second-order valence-corrected chi connectivity index (χ2v) is 5.52. The van der Waals surface area contributed by atoms with Gasteiger partial charge in [-0.1, -0.05) is 12.1 Å². The molecular formula is C19H15N3O6. The molecule has 9 nitrogen and oxygen atoms in total. The maximum absolute atomic E-state index is 11.8. The summed E-state index contributed by atoms with van der Waals surface area (Å²) in [4.78, 5) is 22.0. The van der Waals surface area contributed by atoms with Gasteiger partial charge in [0, 0.05) is 23.8 Å². The molecule has 1 aromatic heterocycles. The quantitative estimate of drug-likeness (QED) is 0.264. The van der Waals surface area contributed by atoms with Gasteiger partial charge in [0.1, 0.15) is 5.75 Å². The molecule has 0 radical (unpaired) electrons. The Morgan fingerprint density at radius 3 is 2.50 bits per heavy atom. The van der Waals surface area contributed by atoms with Crippen molar-refractivity contribution < 1.29 is 23.6 Å². The van der Waals surface area contributed by atoms with Crippen molar-refractivity contribution in [1.82, 2.24) is 10.2 Å². The fourth-order valence-corrected chi connectivity index (χ4v) is 2.21. The third-order valence-corrected chi connectivity index (χ3v) is 3.66. The number of nitrogens with zero attached hydrogens (tertiary/aromatic N) is 3. The number of benzene rings is 2. The number of non-ortho nitro benzene ring substituents is 1. The van der Waals surface area contributed by atoms with Gasteiger partial charge in [0.05, 0.1) is 12.0 Å². The van der Waals surface area contributed by atoms with Crippen molar-refractivity contribution in [3.8, 4) is 17.2 Å². The van der Waals surface area contributed by atoms with Crippen LogP contribution in [0.3, 0.4) is 0 Å². The van der Waals surface area contributed by atoms with Crippen molar-refractivity contribution in [2.24, 2.45) is 0 Å². The Balaban J connectivity index is 1.55. The number of hydrogen-bond donors (Lipinski definition) is 0. The number of nitro groups is 1. The second kappa shape index (κ2) is 8.58. The summed E-state index contributed by atoms with van der Waals surface area (Å²) in [7, 11) is 1.58. The van der Waals surface area contributed by atoms with E-state index in [0.29, 0.717) is 5.56 Å². The topological polar surface area (TPSA) is 118 Å². The van der Waals surface area contributed by atoms with Crippen LogP contribution in [-0.2, 0) is 16.1 Å². The summed E-state index contributed by atoms with van der Waals surface area (Å²) < 4.78 is 15.5. The van der Waals surface area contributed by atoms with E-state index >= 15 is 0 Å². The normalized spacial score (nSPS) is 10.8. The molecule has 0 fully saturated rings. The monoisotopic (exact) mass is 381 g/mol. The smallest absolute Gasteiger partial charge is 0.331 e. The molecule has 1 heterocycles. The summed E-state index contributed by atoms with van der Waals surface area (Å²) in [5.74, 6) is 0.445. The van der Waals surface area contributed by atoms with Crippen LogP contribution in [0, 0.1) is 10.1 Å². The van der Waals surface area contributed by atoms with E-state index in [-0.39, 0.29) is 24.1 Å². The highest BCUT2D eigenvalue weighted by Gasteiger charge is 2.12. The predicted molar refractivity (Wildman–Crippen MR) is 98.2 cm³/mol. The van der Waals surface area contributed by atoms with Gasteiger partial charge < -0.3 is 13.9 Å². The Hall–Kier alpha value is -4.01. The maximum Gasteiger partial charge on any atom is 0.331 e. The molecule has 142 valence electrons. The highest BCUT2D eigenvalue weighted by atomic mass is 16.6. The average Bonchev–Trinajstić information content (AvgIpc) is 3.20. The summed E-state index contributed by atoms with van der Waals surface area (Å²) in [6, 6.07) is 12.8. The lowest BCUT2D eigenvalue weighted by Gasteiger charge is -1.99. The van der Waals surface area contributed by atoms with Gasteiger partial charge >= 0.3 is 5.97 Å². The molecule has 0 aliphatic rings. The first kappa shape index (κ1) is 18.8. The Bertz CT molecular complexity index is 993. The molecule has 0 unspecified atom stereocenters. The molecule has 0 spiro atoms. The highest BCUT2D eigenvalue weighted by Crippen LogP contribution is 2.21. The van der Waals surface area contributed by atoms with Crippen LogP contribution in [0.5, 0.6) is 5.75 Å². The van der Waals surface area contributed by atoms with E-state index in [0.717, 1.165) is 11.3 Å². The van der Waals surface area contributed by atoms with Crippen molar-refractivity contribution >= 4 is 17.7 Å². The molecule has 0 N–H and O–H groups in total. The van der Waals surface area contributed by atoms with Gasteiger partial charge in [-0.05, 0) is 35.9 Å². The van der Waals surface area contributed by atoms with Crippen molar-refractivity contribution in [2.45, 2.75) is 6.61 Å². The number of esters is 1. The Kier molecular flexibility index (Phi) is 5.75. The number of hydrogen-bond acceptors (Lipinski definition) is 8. The van der Waals surface area contributed by atoms with Crippen LogP contribution >= 0.6 is 0 Å². The predicted octanol–water partition coefficient (Wildman–Crippen LogP) is 3.41. The summed E-state index contributed by atoms with van der Waals surface area (Å²) >= 11 is 0. The van der Waals surface area contributed by atoms with E-state index in [1.165, 1.54) is 30.3 Å². The van der Waals surface area contributed by atoms with E-state index in [9.17, 15) is 14.9 Å². The van der Waals surface area contributed by atoms with Crippen molar-refractivity contribution in [1.29, 1.82) is 0 Å². The molecule has 28 heavy (non-hydrogen) atoms. The molecular weight excluding hydrogens is 366 g/mol. The standard InChI is InChI=1S/C19H15N3O6/c1-26-16-9-2-13(3-10-16)4-11-18(23)27-12-17-20-21-19(28-17)14-5-7-15(8-6-14)22(24)25/h2-11H,12H2,1H3/b11-4+. The zero-order valence-electron chi connectivity index (χ0n) is 14.8. The van der Waals surface area contributed by atoms with Gasteiger partial charge in [-0.3, -0.25) is 10.1 Å². The summed E-state index contributed by atoms with van der Waals surface area (Å²) in [5, 5.41) is 18.3. The zero-order chi connectivity index (χ0) is 19.9. The van der Waals surface area contributed by atoms with Crippen LogP contribution < -0.4 is 4.74 Å². The number of aromatic nitrogens is 2. The average molecular weight is 381 g/mol. The maximum atomic E-state index is 11.8. The van der Waals surface area contributed by atoms with E-state index in [1.54, 1.807) is 37.5 Å². The fourth-order valence-electron chi connectivity index (χ4n) is 2.21. The van der Waals surface area contributed by atoms with E-state index in [1.807, 2.05) is 0 Å². The fraction of sp³-hybridized carbons (Fsp3) is 0.105. The summed E-state index contributed by atoms with van der Waals surface area (Å²) in [6.07, 6.45) is 2.90. The van der Waals surface area contributed by atoms with Crippen LogP contribution in [0.4, 0.5) is 5.69 Å². The molecule has 2 aromatic carbocycles. The molecule has 0 aliphatic carbocycles. The molecule has 0 amide bonds. The Morgan fingerprint density at radius 2 is 1.86 bits per heavy atom. The van der Waals surface area contributed by atoms with Crippen molar-refractivity contribution in [3.05, 3.63) is 76.2 Å². The summed E-state index contributed by atoms with van der Waals surface area (Å²) in [6.45, 7) is -0.189. The third-order valence-electron chi connectivity index (χ3n) is 3.66. The highest BCUT2D eigenvalue weighted by molar-refractivity contribution is 5.87. The van der Waals surface area contributed by atoms with Gasteiger partial charge in [-0.15, -0.1) is 10.2 Å².